The topological polar surface area (TPSA) is 75.4 Å². The van der Waals surface area contributed by atoms with Gasteiger partial charge in [-0.05, 0) is 25.7 Å². The molecule has 1 saturated heterocycles. The molecule has 0 aromatic heterocycles. The minimum Gasteiger partial charge on any atom is -0.347 e. The molecular formula is C11H21N3O2. The maximum Gasteiger partial charge on any atom is 0.241 e. The molecule has 0 aromatic carbocycles. The summed E-state index contributed by atoms with van der Waals surface area (Å²) < 4.78 is 0. The van der Waals surface area contributed by atoms with Gasteiger partial charge in [-0.3, -0.25) is 9.59 Å². The van der Waals surface area contributed by atoms with Crippen molar-refractivity contribution in [1.82, 2.24) is 10.2 Å². The summed E-state index contributed by atoms with van der Waals surface area (Å²) in [7, 11) is 0. The molecule has 3 N–H and O–H groups in total. The highest BCUT2D eigenvalue weighted by Crippen LogP contribution is 2.19. The summed E-state index contributed by atoms with van der Waals surface area (Å²) >= 11 is 0. The van der Waals surface area contributed by atoms with E-state index < -0.39 is 0 Å². The van der Waals surface area contributed by atoms with Gasteiger partial charge in [-0.15, -0.1) is 0 Å². The molecular weight excluding hydrogens is 206 g/mol. The van der Waals surface area contributed by atoms with Crippen molar-refractivity contribution in [3.05, 3.63) is 0 Å². The van der Waals surface area contributed by atoms with E-state index in [0.717, 1.165) is 25.9 Å². The minimum absolute atomic E-state index is 0.00155. The van der Waals surface area contributed by atoms with Crippen LogP contribution in [0.5, 0.6) is 0 Å². The van der Waals surface area contributed by atoms with Gasteiger partial charge in [0.05, 0.1) is 6.54 Å². The number of piperidine rings is 1. The van der Waals surface area contributed by atoms with Crippen molar-refractivity contribution in [3.63, 3.8) is 0 Å². The second-order valence-electron chi connectivity index (χ2n) is 4.49. The Hall–Kier alpha value is -1.10. The Morgan fingerprint density at radius 1 is 1.44 bits per heavy atom. The summed E-state index contributed by atoms with van der Waals surface area (Å²) in [5.41, 5.74) is 5.83. The van der Waals surface area contributed by atoms with Gasteiger partial charge in [0.25, 0.3) is 0 Å². The number of rotatable bonds is 3. The van der Waals surface area contributed by atoms with Crippen LogP contribution in [-0.2, 0) is 9.59 Å². The average molecular weight is 227 g/mol. The Morgan fingerprint density at radius 2 is 2.00 bits per heavy atom. The molecule has 0 radical (unpaired) electrons. The van der Waals surface area contributed by atoms with Crippen LogP contribution in [0.3, 0.4) is 0 Å². The Kier molecular flexibility index (Phi) is 4.73. The smallest absolute Gasteiger partial charge is 0.241 e. The first kappa shape index (κ1) is 13.0. The highest BCUT2D eigenvalue weighted by atomic mass is 16.2. The Labute approximate surface area is 96.4 Å². The van der Waals surface area contributed by atoms with Gasteiger partial charge in [0.1, 0.15) is 0 Å². The maximum atomic E-state index is 11.7. The lowest BCUT2D eigenvalue weighted by Crippen LogP contribution is -2.46. The molecule has 1 rings (SSSR count). The van der Waals surface area contributed by atoms with Crippen molar-refractivity contribution >= 4 is 11.8 Å². The molecule has 1 heterocycles. The third kappa shape index (κ3) is 3.81. The van der Waals surface area contributed by atoms with E-state index in [2.05, 4.69) is 5.32 Å². The van der Waals surface area contributed by atoms with Crippen LogP contribution in [0.15, 0.2) is 0 Å². The highest BCUT2D eigenvalue weighted by molar-refractivity contribution is 5.83. The lowest BCUT2D eigenvalue weighted by atomic mass is 9.91. The van der Waals surface area contributed by atoms with Crippen LogP contribution in [0.2, 0.25) is 0 Å². The number of carbonyl (C=O) groups is 2. The van der Waals surface area contributed by atoms with Crippen molar-refractivity contribution < 1.29 is 9.59 Å². The summed E-state index contributed by atoms with van der Waals surface area (Å²) in [6.45, 7) is 5.04. The number of likely N-dealkylation sites (tertiary alicyclic amines) is 1. The van der Waals surface area contributed by atoms with Crippen LogP contribution < -0.4 is 11.1 Å². The Balaban J connectivity index is 2.30. The number of nitrogens with two attached hydrogens (primary N) is 1. The van der Waals surface area contributed by atoms with Crippen LogP contribution >= 0.6 is 0 Å². The zero-order valence-electron chi connectivity index (χ0n) is 10.0. The number of nitrogens with one attached hydrogen (secondary N) is 1. The molecule has 5 nitrogen and oxygen atoms in total. The van der Waals surface area contributed by atoms with Crippen molar-refractivity contribution in [2.24, 2.45) is 11.7 Å². The van der Waals surface area contributed by atoms with E-state index in [9.17, 15) is 9.59 Å². The van der Waals surface area contributed by atoms with Crippen LogP contribution in [0.4, 0.5) is 0 Å². The maximum absolute atomic E-state index is 11.7. The second-order valence-corrected chi connectivity index (χ2v) is 4.49. The fraction of sp³-hybridized carbons (Fsp3) is 0.818. The number of nitrogens with zero attached hydrogens (tertiary/aromatic N) is 1. The highest BCUT2D eigenvalue weighted by Gasteiger charge is 2.24. The lowest BCUT2D eigenvalue weighted by Gasteiger charge is -2.33. The minimum atomic E-state index is -0.168. The van der Waals surface area contributed by atoms with Crippen LogP contribution in [0, 0.1) is 5.92 Å². The van der Waals surface area contributed by atoms with Gasteiger partial charge in [-0.2, -0.15) is 0 Å². The molecule has 0 aliphatic carbocycles. The predicted octanol–water partition coefficient (Wildman–Crippen LogP) is -0.292. The van der Waals surface area contributed by atoms with Crippen molar-refractivity contribution in [2.45, 2.75) is 32.7 Å². The fourth-order valence-electron chi connectivity index (χ4n) is 1.99. The first-order valence-electron chi connectivity index (χ1n) is 5.78. The van der Waals surface area contributed by atoms with Crippen molar-refractivity contribution in [2.75, 3.05) is 19.6 Å². The van der Waals surface area contributed by atoms with Gasteiger partial charge in [-0.25, -0.2) is 0 Å². The molecule has 1 aliphatic rings. The van der Waals surface area contributed by atoms with Gasteiger partial charge in [-0.1, -0.05) is 0 Å². The van der Waals surface area contributed by atoms with E-state index in [1.54, 1.807) is 4.90 Å². The van der Waals surface area contributed by atoms with E-state index in [0.29, 0.717) is 5.92 Å². The number of hydrogen-bond acceptors (Lipinski definition) is 3. The van der Waals surface area contributed by atoms with E-state index in [-0.39, 0.29) is 24.4 Å². The molecule has 1 atom stereocenters. The predicted molar refractivity (Wildman–Crippen MR) is 61.6 cm³/mol. The number of amides is 2. The fourth-order valence-corrected chi connectivity index (χ4v) is 1.99. The lowest BCUT2D eigenvalue weighted by molar-refractivity contribution is -0.133. The molecule has 1 fully saturated rings. The summed E-state index contributed by atoms with van der Waals surface area (Å²) in [4.78, 5) is 24.1. The largest absolute Gasteiger partial charge is 0.347 e. The first-order valence-corrected chi connectivity index (χ1v) is 5.78. The molecule has 5 heteroatoms. The average Bonchev–Trinajstić information content (AvgIpc) is 2.26. The van der Waals surface area contributed by atoms with E-state index >= 15 is 0 Å². The monoisotopic (exact) mass is 227 g/mol. The normalized spacial score (nSPS) is 19.3. The van der Waals surface area contributed by atoms with E-state index in [1.807, 2.05) is 6.92 Å². The molecule has 92 valence electrons. The molecule has 0 aromatic rings. The standard InChI is InChI=1S/C11H21N3O2/c1-8(12)10-3-5-14(6-4-10)11(16)7-13-9(2)15/h8,10H,3-7,12H2,1-2H3,(H,13,15). The second kappa shape index (κ2) is 5.84. The van der Waals surface area contributed by atoms with Gasteiger partial charge < -0.3 is 16.0 Å². The summed E-state index contributed by atoms with van der Waals surface area (Å²) in [6.07, 6.45) is 1.92. The van der Waals surface area contributed by atoms with E-state index in [4.69, 9.17) is 5.73 Å². The quantitative estimate of drug-likeness (QED) is 0.695. The SMILES string of the molecule is CC(=O)NCC(=O)N1CCC(C(C)N)CC1. The van der Waals surface area contributed by atoms with Gasteiger partial charge in [0, 0.05) is 26.1 Å². The van der Waals surface area contributed by atoms with Crippen LogP contribution in [0.25, 0.3) is 0 Å². The Morgan fingerprint density at radius 3 is 2.44 bits per heavy atom. The third-order valence-electron chi connectivity index (χ3n) is 3.12. The molecule has 1 aliphatic heterocycles. The molecule has 0 spiro atoms. The molecule has 2 amide bonds. The summed E-state index contributed by atoms with van der Waals surface area (Å²) in [5, 5.41) is 2.52. The van der Waals surface area contributed by atoms with Crippen molar-refractivity contribution in [3.8, 4) is 0 Å². The zero-order valence-corrected chi connectivity index (χ0v) is 10.0. The number of carbonyl (C=O) groups excluding carboxylic acids is 2. The third-order valence-corrected chi connectivity index (χ3v) is 3.12. The van der Waals surface area contributed by atoms with Gasteiger partial charge in [0.15, 0.2) is 0 Å². The van der Waals surface area contributed by atoms with Crippen LogP contribution in [0.1, 0.15) is 26.7 Å². The first-order chi connectivity index (χ1) is 7.50. The van der Waals surface area contributed by atoms with E-state index in [1.165, 1.54) is 6.92 Å². The molecule has 1 unspecified atom stereocenters. The molecule has 16 heavy (non-hydrogen) atoms. The van der Waals surface area contributed by atoms with Crippen LogP contribution in [-0.4, -0.2) is 42.4 Å². The van der Waals surface area contributed by atoms with Gasteiger partial charge >= 0.3 is 0 Å². The van der Waals surface area contributed by atoms with Gasteiger partial charge in [0.2, 0.25) is 11.8 Å². The zero-order chi connectivity index (χ0) is 12.1. The summed E-state index contributed by atoms with van der Waals surface area (Å²) in [5.74, 6) is 0.349. The number of hydrogen-bond donors (Lipinski definition) is 2. The Bertz CT molecular complexity index is 258. The molecule has 0 saturated carbocycles. The summed E-state index contributed by atoms with van der Waals surface area (Å²) in [6, 6.07) is 0.201. The molecule has 0 bridgehead atoms. The van der Waals surface area contributed by atoms with Crippen molar-refractivity contribution in [1.29, 1.82) is 0 Å².